The molecule has 10 heteroatoms. The van der Waals surface area contributed by atoms with Crippen molar-refractivity contribution >= 4 is 11.9 Å². The lowest BCUT2D eigenvalue weighted by molar-refractivity contribution is -0.137. The normalized spacial score (nSPS) is 17.9. The van der Waals surface area contributed by atoms with E-state index in [0.717, 1.165) is 12.1 Å². The summed E-state index contributed by atoms with van der Waals surface area (Å²) in [6, 6.07) is 5.15. The molecule has 1 atom stereocenters. The number of morpholine rings is 1. The number of nitrogens with zero attached hydrogens (tertiary/aromatic N) is 2. The molecule has 1 saturated heterocycles. The largest absolute Gasteiger partial charge is 0.416 e. The van der Waals surface area contributed by atoms with Gasteiger partial charge in [-0.2, -0.15) is 13.2 Å². The van der Waals surface area contributed by atoms with Crippen LogP contribution in [0.2, 0.25) is 0 Å². The number of amides is 1. The Hall–Kier alpha value is -2.33. The quantitative estimate of drug-likeness (QED) is 0.403. The summed E-state index contributed by atoms with van der Waals surface area (Å²) in [5, 5.41) is 5.81. The molecule has 0 bridgehead atoms. The number of hydrogen-bond acceptors (Lipinski definition) is 4. The van der Waals surface area contributed by atoms with Crippen molar-refractivity contribution in [3.05, 3.63) is 35.4 Å². The van der Waals surface area contributed by atoms with Crippen molar-refractivity contribution in [2.75, 3.05) is 53.0 Å². The van der Waals surface area contributed by atoms with E-state index in [2.05, 4.69) is 15.6 Å². The molecule has 0 spiro atoms. The third-order valence-corrected chi connectivity index (χ3v) is 4.29. The molecular weight excluding hydrogens is 389 g/mol. The van der Waals surface area contributed by atoms with Crippen molar-refractivity contribution in [3.8, 4) is 0 Å². The van der Waals surface area contributed by atoms with Crippen molar-refractivity contribution in [1.82, 2.24) is 15.5 Å². The van der Waals surface area contributed by atoms with Gasteiger partial charge in [0.25, 0.3) is 0 Å². The van der Waals surface area contributed by atoms with Crippen LogP contribution < -0.4 is 10.6 Å². The monoisotopic (exact) mass is 416 g/mol. The highest BCUT2D eigenvalue weighted by atomic mass is 19.4. The van der Waals surface area contributed by atoms with Gasteiger partial charge in [-0.05, 0) is 24.6 Å². The van der Waals surface area contributed by atoms with Crippen molar-refractivity contribution in [2.45, 2.75) is 19.2 Å². The van der Waals surface area contributed by atoms with E-state index in [1.54, 1.807) is 13.2 Å². The number of aliphatic imine (C=N–C) groups is 1. The van der Waals surface area contributed by atoms with Crippen molar-refractivity contribution < 1.29 is 27.4 Å². The zero-order valence-electron chi connectivity index (χ0n) is 16.6. The molecule has 1 aromatic carbocycles. The Labute approximate surface area is 168 Å². The standard InChI is InChI=1S/C19H27F3N4O3/c1-3-23-18(25-12-17(27)24-7-9-28-2)26-8-10-29-16(13-26)14-5-4-6-15(11-14)19(20,21)22/h4-6,11,16H,3,7-10,12-13H2,1-2H3,(H,23,25)(H,24,27). The molecule has 1 aliphatic heterocycles. The van der Waals surface area contributed by atoms with Crippen LogP contribution in [0.15, 0.2) is 29.3 Å². The summed E-state index contributed by atoms with van der Waals surface area (Å²) in [5.41, 5.74) is -0.248. The summed E-state index contributed by atoms with van der Waals surface area (Å²) in [6.07, 6.45) is -4.93. The van der Waals surface area contributed by atoms with E-state index < -0.39 is 17.8 Å². The zero-order chi connectivity index (χ0) is 21.3. The smallest absolute Gasteiger partial charge is 0.383 e. The number of rotatable bonds is 7. The molecule has 1 heterocycles. The topological polar surface area (TPSA) is 75.2 Å². The molecule has 29 heavy (non-hydrogen) atoms. The van der Waals surface area contributed by atoms with Gasteiger partial charge < -0.3 is 25.0 Å². The predicted octanol–water partition coefficient (Wildman–Crippen LogP) is 1.81. The van der Waals surface area contributed by atoms with Crippen LogP contribution in [0, 0.1) is 0 Å². The molecule has 7 nitrogen and oxygen atoms in total. The Balaban J connectivity index is 2.06. The number of halogens is 3. The van der Waals surface area contributed by atoms with E-state index in [4.69, 9.17) is 9.47 Å². The first kappa shape index (κ1) is 23.0. The molecule has 0 aliphatic carbocycles. The van der Waals surface area contributed by atoms with Gasteiger partial charge in [0.2, 0.25) is 5.91 Å². The molecule has 0 aromatic heterocycles. The highest BCUT2D eigenvalue weighted by Crippen LogP contribution is 2.32. The van der Waals surface area contributed by atoms with Crippen LogP contribution >= 0.6 is 0 Å². The molecule has 1 aliphatic rings. The lowest BCUT2D eigenvalue weighted by Crippen LogP contribution is -2.48. The summed E-state index contributed by atoms with van der Waals surface area (Å²) >= 11 is 0. The van der Waals surface area contributed by atoms with E-state index in [9.17, 15) is 18.0 Å². The molecule has 2 N–H and O–H groups in total. The van der Waals surface area contributed by atoms with Crippen LogP contribution in [-0.2, 0) is 20.4 Å². The fourth-order valence-corrected chi connectivity index (χ4v) is 2.88. The third-order valence-electron chi connectivity index (χ3n) is 4.29. The summed E-state index contributed by atoms with van der Waals surface area (Å²) in [5.74, 6) is 0.287. The second kappa shape index (κ2) is 11.0. The first-order valence-electron chi connectivity index (χ1n) is 9.42. The highest BCUT2D eigenvalue weighted by molar-refractivity contribution is 5.85. The van der Waals surface area contributed by atoms with Crippen molar-refractivity contribution in [3.63, 3.8) is 0 Å². The van der Waals surface area contributed by atoms with E-state index in [0.29, 0.717) is 50.9 Å². The maximum atomic E-state index is 13.0. The van der Waals surface area contributed by atoms with Crippen LogP contribution in [-0.4, -0.2) is 69.8 Å². The third kappa shape index (κ3) is 7.21. The SMILES string of the molecule is CCNC(=NCC(=O)NCCOC)N1CCOC(c2cccc(C(F)(F)F)c2)C1. The van der Waals surface area contributed by atoms with E-state index in [1.807, 2.05) is 11.8 Å². The summed E-state index contributed by atoms with van der Waals surface area (Å²) in [4.78, 5) is 18.1. The van der Waals surface area contributed by atoms with Gasteiger partial charge in [-0.3, -0.25) is 4.79 Å². The maximum absolute atomic E-state index is 13.0. The predicted molar refractivity (Wildman–Crippen MR) is 103 cm³/mol. The number of carbonyl (C=O) groups excluding carboxylic acids is 1. The fraction of sp³-hybridized carbons (Fsp3) is 0.579. The molecule has 0 saturated carbocycles. The Kier molecular flexibility index (Phi) is 8.71. The second-order valence-electron chi connectivity index (χ2n) is 6.44. The minimum Gasteiger partial charge on any atom is -0.383 e. The number of ether oxygens (including phenoxy) is 2. The summed E-state index contributed by atoms with van der Waals surface area (Å²) in [7, 11) is 1.55. The van der Waals surface area contributed by atoms with Gasteiger partial charge in [0.05, 0.1) is 25.3 Å². The molecule has 162 valence electrons. The van der Waals surface area contributed by atoms with E-state index in [1.165, 1.54) is 6.07 Å². The molecule has 1 fully saturated rings. The van der Waals surface area contributed by atoms with Crippen LogP contribution in [0.25, 0.3) is 0 Å². The average Bonchev–Trinajstić information content (AvgIpc) is 2.71. The number of methoxy groups -OCH3 is 1. The number of carbonyl (C=O) groups is 1. The highest BCUT2D eigenvalue weighted by Gasteiger charge is 2.32. The Morgan fingerprint density at radius 1 is 1.38 bits per heavy atom. The molecule has 2 rings (SSSR count). The Bertz CT molecular complexity index is 698. The molecule has 1 unspecified atom stereocenters. The molecule has 1 aromatic rings. The minimum absolute atomic E-state index is 0.0579. The number of nitrogens with one attached hydrogen (secondary N) is 2. The van der Waals surface area contributed by atoms with Gasteiger partial charge in [-0.25, -0.2) is 4.99 Å². The van der Waals surface area contributed by atoms with Crippen LogP contribution in [0.1, 0.15) is 24.2 Å². The van der Waals surface area contributed by atoms with Gasteiger partial charge in [-0.15, -0.1) is 0 Å². The average molecular weight is 416 g/mol. The Morgan fingerprint density at radius 2 is 2.17 bits per heavy atom. The van der Waals surface area contributed by atoms with Gasteiger partial charge in [0, 0.05) is 26.7 Å². The lowest BCUT2D eigenvalue weighted by atomic mass is 10.0. The minimum atomic E-state index is -4.41. The van der Waals surface area contributed by atoms with Crippen LogP contribution in [0.4, 0.5) is 13.2 Å². The van der Waals surface area contributed by atoms with Gasteiger partial charge in [0.15, 0.2) is 5.96 Å². The summed E-state index contributed by atoms with van der Waals surface area (Å²) in [6.45, 7) is 4.44. The second-order valence-corrected chi connectivity index (χ2v) is 6.44. The van der Waals surface area contributed by atoms with Crippen molar-refractivity contribution in [2.24, 2.45) is 4.99 Å². The fourth-order valence-electron chi connectivity index (χ4n) is 2.88. The molecule has 1 amide bonds. The van der Waals surface area contributed by atoms with Crippen molar-refractivity contribution in [1.29, 1.82) is 0 Å². The van der Waals surface area contributed by atoms with Gasteiger partial charge in [0.1, 0.15) is 12.6 Å². The van der Waals surface area contributed by atoms with E-state index in [-0.39, 0.29) is 12.5 Å². The van der Waals surface area contributed by atoms with Gasteiger partial charge >= 0.3 is 6.18 Å². The van der Waals surface area contributed by atoms with Crippen LogP contribution in [0.5, 0.6) is 0 Å². The first-order chi connectivity index (χ1) is 13.8. The lowest BCUT2D eigenvalue weighted by Gasteiger charge is -2.35. The number of benzene rings is 1. The first-order valence-corrected chi connectivity index (χ1v) is 9.42. The molecular formula is C19H27F3N4O3. The Morgan fingerprint density at radius 3 is 2.86 bits per heavy atom. The number of hydrogen-bond donors (Lipinski definition) is 2. The van der Waals surface area contributed by atoms with Gasteiger partial charge in [-0.1, -0.05) is 12.1 Å². The molecule has 0 radical (unpaired) electrons. The summed E-state index contributed by atoms with van der Waals surface area (Å²) < 4.78 is 49.6. The maximum Gasteiger partial charge on any atom is 0.416 e. The van der Waals surface area contributed by atoms with E-state index >= 15 is 0 Å². The number of guanidine groups is 1. The number of alkyl halides is 3. The zero-order valence-corrected chi connectivity index (χ0v) is 16.6. The van der Waals surface area contributed by atoms with Crippen LogP contribution in [0.3, 0.4) is 0 Å².